The largest absolute Gasteiger partial charge is 0.355 e. The zero-order chi connectivity index (χ0) is 31.4. The minimum absolute atomic E-state index is 0.0549. The predicted molar refractivity (Wildman–Crippen MR) is 178 cm³/mol. The van der Waals surface area contributed by atoms with Crippen molar-refractivity contribution in [2.75, 3.05) is 46.3 Å². The number of carbonyl (C=O) groups is 2. The molecule has 9 heteroatoms. The molecule has 0 radical (unpaired) electrons. The molecule has 1 aromatic heterocycles. The number of nitrogens with one attached hydrogen (secondary N) is 2. The number of benzene rings is 3. The van der Waals surface area contributed by atoms with E-state index < -0.39 is 0 Å². The highest BCUT2D eigenvalue weighted by Gasteiger charge is 2.26. The number of likely N-dealkylation sites (N-methyl/N-ethyl adjacent to an activating group) is 1. The van der Waals surface area contributed by atoms with Crippen molar-refractivity contribution in [2.45, 2.75) is 37.6 Å². The van der Waals surface area contributed by atoms with Crippen molar-refractivity contribution in [1.82, 2.24) is 25.6 Å². The molecule has 4 aromatic rings. The maximum atomic E-state index is 13.9. The lowest BCUT2D eigenvalue weighted by Crippen LogP contribution is -2.49. The van der Waals surface area contributed by atoms with Crippen molar-refractivity contribution >= 4 is 23.4 Å². The van der Waals surface area contributed by atoms with Crippen molar-refractivity contribution in [3.05, 3.63) is 113 Å². The van der Waals surface area contributed by atoms with E-state index in [9.17, 15) is 9.59 Å². The lowest BCUT2D eigenvalue weighted by atomic mass is 9.90. The Bertz CT molecular complexity index is 1450. The van der Waals surface area contributed by atoms with Crippen LogP contribution in [0.4, 0.5) is 0 Å². The van der Waals surface area contributed by atoms with Crippen LogP contribution < -0.4 is 10.6 Å². The van der Waals surface area contributed by atoms with E-state index in [1.165, 1.54) is 30.4 Å². The second kappa shape index (κ2) is 16.4. The van der Waals surface area contributed by atoms with E-state index in [1.807, 2.05) is 60.5 Å². The fourth-order valence-corrected chi connectivity index (χ4v) is 5.98. The number of hydrogen-bond acceptors (Lipinski definition) is 6. The first-order valence-corrected chi connectivity index (χ1v) is 16.2. The molecule has 1 saturated heterocycles. The summed E-state index contributed by atoms with van der Waals surface area (Å²) >= 11 is 5.97. The van der Waals surface area contributed by atoms with E-state index in [0.717, 1.165) is 25.2 Å². The third kappa shape index (κ3) is 9.26. The van der Waals surface area contributed by atoms with Crippen LogP contribution in [-0.4, -0.2) is 79.1 Å². The maximum absolute atomic E-state index is 13.9. The van der Waals surface area contributed by atoms with Crippen LogP contribution in [0.1, 0.15) is 53.2 Å². The van der Waals surface area contributed by atoms with Gasteiger partial charge in [0.05, 0.1) is 6.04 Å². The van der Waals surface area contributed by atoms with Gasteiger partial charge in [-0.05, 0) is 67.7 Å². The molecule has 2 amide bonds. The molecule has 8 nitrogen and oxygen atoms in total. The Balaban J connectivity index is 1.20. The Morgan fingerprint density at radius 1 is 0.911 bits per heavy atom. The van der Waals surface area contributed by atoms with Crippen molar-refractivity contribution in [2.24, 2.45) is 0 Å². The van der Waals surface area contributed by atoms with Crippen LogP contribution in [0.15, 0.2) is 95.5 Å². The summed E-state index contributed by atoms with van der Waals surface area (Å²) in [6.45, 7) is 4.36. The second-order valence-corrected chi connectivity index (χ2v) is 12.1. The quantitative estimate of drug-likeness (QED) is 0.171. The topological polar surface area (TPSA) is 90.7 Å². The molecule has 0 bridgehead atoms. The molecular weight excluding hydrogens is 586 g/mol. The Kier molecular flexibility index (Phi) is 11.8. The van der Waals surface area contributed by atoms with E-state index in [0.29, 0.717) is 36.8 Å². The van der Waals surface area contributed by atoms with Gasteiger partial charge in [-0.25, -0.2) is 0 Å². The summed E-state index contributed by atoms with van der Waals surface area (Å²) in [5.74, 6) is 0.274. The fraction of sp³-hybridized carbons (Fsp3) is 0.361. The highest BCUT2D eigenvalue weighted by Crippen LogP contribution is 2.26. The summed E-state index contributed by atoms with van der Waals surface area (Å²) in [6.07, 6.45) is 4.38. The zero-order valence-corrected chi connectivity index (χ0v) is 26.6. The average Bonchev–Trinajstić information content (AvgIpc) is 3.58. The molecule has 1 atom stereocenters. The van der Waals surface area contributed by atoms with Gasteiger partial charge in [-0.1, -0.05) is 83.8 Å². The summed E-state index contributed by atoms with van der Waals surface area (Å²) in [5, 5.41) is 10.9. The molecule has 2 N–H and O–H groups in total. The Hall–Kier alpha value is -3.98. The summed E-state index contributed by atoms with van der Waals surface area (Å²) in [4.78, 5) is 31.0. The van der Waals surface area contributed by atoms with Crippen molar-refractivity contribution in [1.29, 1.82) is 0 Å². The second-order valence-electron chi connectivity index (χ2n) is 11.6. The molecule has 0 saturated carbocycles. The highest BCUT2D eigenvalue weighted by molar-refractivity contribution is 6.30. The monoisotopic (exact) mass is 627 g/mol. The molecule has 1 aliphatic heterocycles. The van der Waals surface area contributed by atoms with E-state index in [2.05, 4.69) is 45.0 Å². The number of rotatable bonds is 14. The molecule has 236 valence electrons. The van der Waals surface area contributed by atoms with E-state index >= 15 is 0 Å². The molecule has 45 heavy (non-hydrogen) atoms. The molecule has 0 unspecified atom stereocenters. The average molecular weight is 628 g/mol. The van der Waals surface area contributed by atoms with Crippen LogP contribution in [0.5, 0.6) is 0 Å². The van der Waals surface area contributed by atoms with Gasteiger partial charge in [-0.15, -0.1) is 0 Å². The van der Waals surface area contributed by atoms with Crippen LogP contribution in [0.3, 0.4) is 0 Å². The van der Waals surface area contributed by atoms with Gasteiger partial charge in [-0.3, -0.25) is 9.59 Å². The van der Waals surface area contributed by atoms with Gasteiger partial charge in [-0.2, -0.15) is 0 Å². The molecule has 0 spiro atoms. The van der Waals surface area contributed by atoms with Gasteiger partial charge < -0.3 is 25.0 Å². The molecule has 2 heterocycles. The van der Waals surface area contributed by atoms with Crippen molar-refractivity contribution in [3.8, 4) is 11.3 Å². The first kappa shape index (κ1) is 32.4. The van der Waals surface area contributed by atoms with Crippen molar-refractivity contribution in [3.63, 3.8) is 0 Å². The molecule has 5 rings (SSSR count). The number of aromatic nitrogens is 1. The normalized spacial score (nSPS) is 14.3. The van der Waals surface area contributed by atoms with Crippen molar-refractivity contribution < 1.29 is 14.1 Å². The smallest absolute Gasteiger partial charge is 0.273 e. The number of halogens is 1. The van der Waals surface area contributed by atoms with Gasteiger partial charge in [0.25, 0.3) is 5.91 Å². The third-order valence-electron chi connectivity index (χ3n) is 8.39. The molecule has 0 aliphatic carbocycles. The minimum atomic E-state index is -0.371. The summed E-state index contributed by atoms with van der Waals surface area (Å²) < 4.78 is 5.37. The van der Waals surface area contributed by atoms with Gasteiger partial charge in [0.15, 0.2) is 11.5 Å². The summed E-state index contributed by atoms with van der Waals surface area (Å²) in [6, 6.07) is 29.1. The van der Waals surface area contributed by atoms with E-state index in [1.54, 1.807) is 18.2 Å². The van der Waals surface area contributed by atoms with Crippen LogP contribution in [0.25, 0.3) is 11.3 Å². The predicted octanol–water partition coefficient (Wildman–Crippen LogP) is 5.85. The Morgan fingerprint density at radius 2 is 1.56 bits per heavy atom. The van der Waals surface area contributed by atoms with Crippen LogP contribution in [0.2, 0.25) is 5.02 Å². The Labute approximate surface area is 270 Å². The third-order valence-corrected chi connectivity index (χ3v) is 8.64. The van der Waals surface area contributed by atoms with Gasteiger partial charge in [0.2, 0.25) is 5.91 Å². The van der Waals surface area contributed by atoms with Crippen LogP contribution in [0, 0.1) is 0 Å². The minimum Gasteiger partial charge on any atom is -0.355 e. The molecule has 3 aromatic carbocycles. The lowest BCUT2D eigenvalue weighted by Gasteiger charge is -2.31. The SMILES string of the molecule is CN(CC(c1ccccc1)c1ccccc1)C(=O)[C@H](CCN1CCCCC1)NCCNC(=O)c1cc(-c2ccc(Cl)cc2)on1. The van der Waals surface area contributed by atoms with E-state index in [-0.39, 0.29) is 29.5 Å². The highest BCUT2D eigenvalue weighted by atomic mass is 35.5. The number of likely N-dealkylation sites (tertiary alicyclic amines) is 1. The fourth-order valence-electron chi connectivity index (χ4n) is 5.86. The van der Waals surface area contributed by atoms with Gasteiger partial charge in [0, 0.05) is 55.8 Å². The number of piperidine rings is 1. The number of hydrogen-bond donors (Lipinski definition) is 2. The van der Waals surface area contributed by atoms with Gasteiger partial charge >= 0.3 is 0 Å². The standard InChI is InChI=1S/C36H42ClN5O3/c1-41(26-31(27-11-5-2-6-12-27)28-13-7-3-8-14-28)36(44)32(19-24-42-22-9-4-10-23-42)38-20-21-39-35(43)33-25-34(45-40-33)29-15-17-30(37)18-16-29/h2-3,5-8,11-18,25,31-32,38H,4,9-10,19-24,26H2,1H3,(H,39,43)/t32-/m0/s1. The zero-order valence-electron chi connectivity index (χ0n) is 25.8. The van der Waals surface area contributed by atoms with Gasteiger partial charge in [0.1, 0.15) is 0 Å². The maximum Gasteiger partial charge on any atom is 0.273 e. The molecular formula is C36H42ClN5O3. The Morgan fingerprint density at radius 3 is 2.20 bits per heavy atom. The van der Waals surface area contributed by atoms with Crippen LogP contribution in [-0.2, 0) is 4.79 Å². The summed E-state index contributed by atoms with van der Waals surface area (Å²) in [5.41, 5.74) is 3.34. The van der Waals surface area contributed by atoms with Crippen LogP contribution >= 0.6 is 11.6 Å². The lowest BCUT2D eigenvalue weighted by molar-refractivity contribution is -0.132. The molecule has 1 aliphatic rings. The number of amides is 2. The number of nitrogens with zero attached hydrogens (tertiary/aromatic N) is 3. The molecule has 1 fully saturated rings. The first-order valence-electron chi connectivity index (χ1n) is 15.8. The number of carbonyl (C=O) groups excluding carboxylic acids is 2. The summed E-state index contributed by atoms with van der Waals surface area (Å²) in [7, 11) is 1.89. The van der Waals surface area contributed by atoms with E-state index in [4.69, 9.17) is 16.1 Å². The first-order chi connectivity index (χ1) is 22.0.